The molecule has 0 unspecified atom stereocenters. The molecule has 0 saturated carbocycles. The lowest BCUT2D eigenvalue weighted by Crippen LogP contribution is -2.28. The first-order valence-electron chi connectivity index (χ1n) is 9.73. The summed E-state index contributed by atoms with van der Waals surface area (Å²) in [6, 6.07) is 10.4. The predicted octanol–water partition coefficient (Wildman–Crippen LogP) is 4.05. The van der Waals surface area contributed by atoms with E-state index in [1.165, 1.54) is 0 Å². The smallest absolute Gasteiger partial charge is 0.240 e. The van der Waals surface area contributed by atoms with Crippen molar-refractivity contribution in [3.8, 4) is 0 Å². The Balaban J connectivity index is 1.60. The van der Waals surface area contributed by atoms with Crippen molar-refractivity contribution in [2.75, 3.05) is 11.9 Å². The molecular weight excluding hydrogens is 402 g/mol. The lowest BCUT2D eigenvalue weighted by molar-refractivity contribution is -0.116. The summed E-state index contributed by atoms with van der Waals surface area (Å²) in [6.07, 6.45) is 0.00817. The summed E-state index contributed by atoms with van der Waals surface area (Å²) in [4.78, 5) is 17.0. The number of oxazole rings is 1. The summed E-state index contributed by atoms with van der Waals surface area (Å²) in [5.74, 6) is 0.332. The highest BCUT2D eigenvalue weighted by atomic mass is 32.2. The van der Waals surface area contributed by atoms with Gasteiger partial charge in [-0.1, -0.05) is 38.5 Å². The van der Waals surface area contributed by atoms with Crippen molar-refractivity contribution >= 4 is 32.7 Å². The minimum absolute atomic E-state index is 0.00185. The molecule has 30 heavy (non-hydrogen) atoms. The highest BCUT2D eigenvalue weighted by molar-refractivity contribution is 7.89. The van der Waals surface area contributed by atoms with Crippen LogP contribution in [0.3, 0.4) is 0 Å². The van der Waals surface area contributed by atoms with Gasteiger partial charge in [-0.05, 0) is 43.7 Å². The molecule has 8 heteroatoms. The maximum absolute atomic E-state index is 12.5. The average Bonchev–Trinajstić information content (AvgIpc) is 3.05. The summed E-state index contributed by atoms with van der Waals surface area (Å²) in [5, 5.41) is 2.77. The molecule has 0 spiro atoms. The summed E-state index contributed by atoms with van der Waals surface area (Å²) >= 11 is 0. The van der Waals surface area contributed by atoms with Crippen molar-refractivity contribution in [1.29, 1.82) is 0 Å². The van der Waals surface area contributed by atoms with Gasteiger partial charge in [0.15, 0.2) is 5.58 Å². The average molecular weight is 430 g/mol. The van der Waals surface area contributed by atoms with Crippen LogP contribution in [-0.2, 0) is 20.2 Å². The van der Waals surface area contributed by atoms with Gasteiger partial charge in [0.05, 0.1) is 4.90 Å². The molecule has 3 rings (SSSR count). The van der Waals surface area contributed by atoms with Crippen LogP contribution in [0.2, 0.25) is 0 Å². The van der Waals surface area contributed by atoms with Gasteiger partial charge in [-0.15, -0.1) is 0 Å². The molecule has 2 N–H and O–H groups in total. The summed E-state index contributed by atoms with van der Waals surface area (Å²) in [7, 11) is -3.67. The molecule has 1 aromatic heterocycles. The third-order valence-corrected chi connectivity index (χ3v) is 6.20. The number of rotatable bonds is 6. The molecule has 0 saturated heterocycles. The van der Waals surface area contributed by atoms with Crippen molar-refractivity contribution in [3.05, 3.63) is 53.4 Å². The maximum Gasteiger partial charge on any atom is 0.240 e. The van der Waals surface area contributed by atoms with E-state index >= 15 is 0 Å². The first-order chi connectivity index (χ1) is 14.0. The number of carbonyl (C=O) groups excluding carboxylic acids is 1. The number of amides is 1. The van der Waals surface area contributed by atoms with Gasteiger partial charge in [0, 0.05) is 24.1 Å². The number of hydrogen-bond donors (Lipinski definition) is 2. The molecule has 0 aliphatic carbocycles. The Labute approximate surface area is 176 Å². The molecule has 7 nitrogen and oxygen atoms in total. The highest BCUT2D eigenvalue weighted by Gasteiger charge is 2.21. The van der Waals surface area contributed by atoms with Gasteiger partial charge in [-0.3, -0.25) is 4.79 Å². The van der Waals surface area contributed by atoms with E-state index in [-0.39, 0.29) is 29.2 Å². The largest absolute Gasteiger partial charge is 0.440 e. The molecule has 0 bridgehead atoms. The van der Waals surface area contributed by atoms with Crippen molar-refractivity contribution < 1.29 is 17.6 Å². The number of nitrogens with one attached hydrogen (secondary N) is 2. The number of aromatic nitrogens is 1. The Hall–Kier alpha value is -2.71. The third-order valence-electron chi connectivity index (χ3n) is 4.58. The molecule has 0 radical (unpaired) electrons. The Kier molecular flexibility index (Phi) is 6.01. The Morgan fingerprint density at radius 1 is 1.10 bits per heavy atom. The molecule has 0 atom stereocenters. The molecule has 0 aliphatic heterocycles. The second-order valence-corrected chi connectivity index (χ2v) is 10.2. The molecule has 1 heterocycles. The van der Waals surface area contributed by atoms with E-state index in [9.17, 15) is 13.2 Å². The van der Waals surface area contributed by atoms with Crippen LogP contribution in [0, 0.1) is 13.8 Å². The molecule has 160 valence electrons. The zero-order chi connectivity index (χ0) is 22.1. The van der Waals surface area contributed by atoms with E-state index < -0.39 is 10.0 Å². The summed E-state index contributed by atoms with van der Waals surface area (Å²) < 4.78 is 33.2. The van der Waals surface area contributed by atoms with Gasteiger partial charge in [0.25, 0.3) is 0 Å². The van der Waals surface area contributed by atoms with E-state index in [1.54, 1.807) is 37.3 Å². The molecule has 1 amide bonds. The highest BCUT2D eigenvalue weighted by Crippen LogP contribution is 2.27. The van der Waals surface area contributed by atoms with Crippen LogP contribution in [0.15, 0.2) is 45.7 Å². The third kappa shape index (κ3) is 5.06. The maximum atomic E-state index is 12.5. The van der Waals surface area contributed by atoms with Crippen LogP contribution >= 0.6 is 0 Å². The Morgan fingerprint density at radius 2 is 1.83 bits per heavy atom. The van der Waals surface area contributed by atoms with E-state index in [0.717, 1.165) is 5.56 Å². The number of carbonyl (C=O) groups is 1. The van der Waals surface area contributed by atoms with Crippen LogP contribution in [-0.4, -0.2) is 25.9 Å². The van der Waals surface area contributed by atoms with Crippen LogP contribution < -0.4 is 10.0 Å². The number of nitrogens with zero attached hydrogens (tertiary/aromatic N) is 1. The Morgan fingerprint density at radius 3 is 2.50 bits per heavy atom. The van der Waals surface area contributed by atoms with E-state index in [0.29, 0.717) is 28.2 Å². The molecule has 0 aliphatic rings. The normalized spacial score (nSPS) is 12.3. The first kappa shape index (κ1) is 22.0. The quantitative estimate of drug-likeness (QED) is 0.616. The van der Waals surface area contributed by atoms with Crippen LogP contribution in [0.25, 0.3) is 11.1 Å². The van der Waals surface area contributed by atoms with Crippen molar-refractivity contribution in [1.82, 2.24) is 9.71 Å². The monoisotopic (exact) mass is 429 g/mol. The predicted molar refractivity (Wildman–Crippen MR) is 117 cm³/mol. The topological polar surface area (TPSA) is 101 Å². The number of benzene rings is 2. The number of anilines is 1. The summed E-state index contributed by atoms with van der Waals surface area (Å²) in [6.45, 7) is 9.70. The zero-order valence-corrected chi connectivity index (χ0v) is 18.7. The van der Waals surface area contributed by atoms with Gasteiger partial charge in [-0.25, -0.2) is 18.1 Å². The van der Waals surface area contributed by atoms with Gasteiger partial charge < -0.3 is 9.73 Å². The van der Waals surface area contributed by atoms with Gasteiger partial charge in [0.1, 0.15) is 5.52 Å². The van der Waals surface area contributed by atoms with Crippen LogP contribution in [0.5, 0.6) is 0 Å². The standard InChI is InChI=1S/C22H27N3O4S/c1-14-6-9-19(15(2)12-14)30(27,28)23-11-10-20(26)24-16-7-8-18-17(13-16)25-21(29-18)22(3,4)5/h6-9,12-13,23H,10-11H2,1-5H3,(H,24,26). The number of hydrogen-bond acceptors (Lipinski definition) is 5. The Bertz CT molecular complexity index is 1190. The van der Waals surface area contributed by atoms with Gasteiger partial charge >= 0.3 is 0 Å². The van der Waals surface area contributed by atoms with Crippen molar-refractivity contribution in [2.24, 2.45) is 0 Å². The number of aryl methyl sites for hydroxylation is 2. The lowest BCUT2D eigenvalue weighted by atomic mass is 9.97. The number of fused-ring (bicyclic) bond motifs is 1. The summed E-state index contributed by atoms with van der Waals surface area (Å²) in [5.41, 5.74) is 3.34. The fourth-order valence-corrected chi connectivity index (χ4v) is 4.28. The first-order valence-corrected chi connectivity index (χ1v) is 11.2. The van der Waals surface area contributed by atoms with E-state index in [4.69, 9.17) is 4.42 Å². The fourth-order valence-electron chi connectivity index (χ4n) is 3.03. The molecule has 3 aromatic rings. The lowest BCUT2D eigenvalue weighted by Gasteiger charge is -2.11. The second kappa shape index (κ2) is 8.20. The molecular formula is C22H27N3O4S. The fraction of sp³-hybridized carbons (Fsp3) is 0.364. The molecule has 2 aromatic carbocycles. The zero-order valence-electron chi connectivity index (χ0n) is 17.9. The van der Waals surface area contributed by atoms with E-state index in [1.807, 2.05) is 33.8 Å². The minimum atomic E-state index is -3.67. The van der Waals surface area contributed by atoms with Crippen LogP contribution in [0.1, 0.15) is 44.2 Å². The van der Waals surface area contributed by atoms with Crippen molar-refractivity contribution in [3.63, 3.8) is 0 Å². The number of sulfonamides is 1. The minimum Gasteiger partial charge on any atom is -0.440 e. The molecule has 0 fully saturated rings. The van der Waals surface area contributed by atoms with Crippen molar-refractivity contribution in [2.45, 2.75) is 51.3 Å². The van der Waals surface area contributed by atoms with Crippen LogP contribution in [0.4, 0.5) is 5.69 Å². The second-order valence-electron chi connectivity index (χ2n) is 8.42. The van der Waals surface area contributed by atoms with Gasteiger partial charge in [-0.2, -0.15) is 0 Å². The van der Waals surface area contributed by atoms with Gasteiger partial charge in [0.2, 0.25) is 21.8 Å². The SMILES string of the molecule is Cc1ccc(S(=O)(=O)NCCC(=O)Nc2ccc3oc(C(C)(C)C)nc3c2)c(C)c1. The van der Waals surface area contributed by atoms with E-state index in [2.05, 4.69) is 15.0 Å².